The van der Waals surface area contributed by atoms with Crippen molar-refractivity contribution in [3.8, 4) is 11.4 Å². The summed E-state index contributed by atoms with van der Waals surface area (Å²) in [5, 5.41) is 18.9. The number of rotatable bonds is 3. The van der Waals surface area contributed by atoms with Gasteiger partial charge in [-0.25, -0.2) is 9.18 Å². The first kappa shape index (κ1) is 20.6. The average molecular weight is 420 g/mol. The van der Waals surface area contributed by atoms with E-state index < -0.39 is 22.8 Å². The quantitative estimate of drug-likeness (QED) is 0.602. The number of aromatic carboxylic acids is 1. The van der Waals surface area contributed by atoms with Crippen molar-refractivity contribution in [3.05, 3.63) is 64.2 Å². The molecule has 4 N–H and O–H groups in total. The Hall–Kier alpha value is -3.10. The largest absolute Gasteiger partial charge is 0.508 e. The molecule has 1 unspecified atom stereocenters. The summed E-state index contributed by atoms with van der Waals surface area (Å²) in [6.07, 6.45) is 1.96. The SMILES string of the molecule is Cl.NC1CCN(c2cc3c(cc2F)c(=O)c(C(=O)O)cn3-c2ccc(O)cc2)C1. The maximum Gasteiger partial charge on any atom is 0.341 e. The molecular formula is C20H19ClFN3O4. The van der Waals surface area contributed by atoms with Crippen molar-refractivity contribution in [2.45, 2.75) is 12.5 Å². The molecule has 1 fully saturated rings. The van der Waals surface area contributed by atoms with Crippen LogP contribution < -0.4 is 16.1 Å². The molecule has 0 saturated carbocycles. The van der Waals surface area contributed by atoms with Crippen molar-refractivity contribution in [2.24, 2.45) is 5.73 Å². The van der Waals surface area contributed by atoms with Gasteiger partial charge in [-0.15, -0.1) is 12.4 Å². The molecule has 1 aromatic heterocycles. The number of carboxylic acids is 1. The van der Waals surface area contributed by atoms with E-state index in [1.165, 1.54) is 22.9 Å². The first-order valence-corrected chi connectivity index (χ1v) is 8.77. The molecule has 0 spiro atoms. The van der Waals surface area contributed by atoms with Crippen LogP contribution in [0, 0.1) is 5.82 Å². The highest BCUT2D eigenvalue weighted by molar-refractivity contribution is 5.94. The summed E-state index contributed by atoms with van der Waals surface area (Å²) in [7, 11) is 0. The molecule has 3 aromatic rings. The first-order valence-electron chi connectivity index (χ1n) is 8.77. The molecule has 9 heteroatoms. The standard InChI is InChI=1S/C20H18FN3O4.ClH/c21-16-7-14-17(8-18(16)23-6-5-11(22)9-23)24(10-15(19(14)26)20(27)28)12-1-3-13(25)4-2-12;/h1-4,7-8,10-11,25H,5-6,9,22H2,(H,27,28);1H. The monoisotopic (exact) mass is 419 g/mol. The Balaban J connectivity index is 0.00000240. The highest BCUT2D eigenvalue weighted by Gasteiger charge is 2.24. The highest BCUT2D eigenvalue weighted by atomic mass is 35.5. The fourth-order valence-electron chi connectivity index (χ4n) is 3.56. The Morgan fingerprint density at radius 1 is 1.21 bits per heavy atom. The number of phenols is 1. The zero-order valence-corrected chi connectivity index (χ0v) is 16.0. The molecular weight excluding hydrogens is 401 g/mol. The third-order valence-electron chi connectivity index (χ3n) is 5.00. The normalized spacial score (nSPS) is 16.1. The minimum absolute atomic E-state index is 0. The van der Waals surface area contributed by atoms with Crippen LogP contribution in [0.1, 0.15) is 16.8 Å². The molecule has 0 radical (unpaired) electrons. The van der Waals surface area contributed by atoms with Gasteiger partial charge in [-0.1, -0.05) is 0 Å². The van der Waals surface area contributed by atoms with Crippen LogP contribution in [0.4, 0.5) is 10.1 Å². The molecule has 152 valence electrons. The molecule has 0 amide bonds. The lowest BCUT2D eigenvalue weighted by Gasteiger charge is -2.21. The van der Waals surface area contributed by atoms with E-state index in [-0.39, 0.29) is 29.6 Å². The van der Waals surface area contributed by atoms with Crippen LogP contribution in [-0.4, -0.2) is 39.9 Å². The lowest BCUT2D eigenvalue weighted by Crippen LogP contribution is -2.27. The number of anilines is 1. The fourth-order valence-corrected chi connectivity index (χ4v) is 3.56. The zero-order chi connectivity index (χ0) is 20.0. The van der Waals surface area contributed by atoms with Gasteiger partial charge in [0.2, 0.25) is 5.43 Å². The number of nitrogens with zero attached hydrogens (tertiary/aromatic N) is 2. The van der Waals surface area contributed by atoms with Gasteiger partial charge in [0.15, 0.2) is 0 Å². The number of hydrogen-bond acceptors (Lipinski definition) is 5. The van der Waals surface area contributed by atoms with Gasteiger partial charge in [-0.05, 0) is 42.8 Å². The Morgan fingerprint density at radius 3 is 2.48 bits per heavy atom. The van der Waals surface area contributed by atoms with Crippen molar-refractivity contribution in [2.75, 3.05) is 18.0 Å². The number of aromatic hydroxyl groups is 1. The topological polar surface area (TPSA) is 109 Å². The summed E-state index contributed by atoms with van der Waals surface area (Å²) < 4.78 is 16.3. The molecule has 2 heterocycles. The highest BCUT2D eigenvalue weighted by Crippen LogP contribution is 2.29. The molecule has 1 aliphatic heterocycles. The van der Waals surface area contributed by atoms with E-state index >= 15 is 0 Å². The van der Waals surface area contributed by atoms with Crippen molar-refractivity contribution < 1.29 is 19.4 Å². The third-order valence-corrected chi connectivity index (χ3v) is 5.00. The molecule has 0 aliphatic carbocycles. The lowest BCUT2D eigenvalue weighted by molar-refractivity contribution is 0.0695. The van der Waals surface area contributed by atoms with Crippen LogP contribution in [0.15, 0.2) is 47.4 Å². The zero-order valence-electron chi connectivity index (χ0n) is 15.2. The summed E-state index contributed by atoms with van der Waals surface area (Å²) in [5.41, 5.74) is 5.93. The molecule has 7 nitrogen and oxygen atoms in total. The maximum atomic E-state index is 14.8. The first-order chi connectivity index (χ1) is 13.3. The molecule has 4 rings (SSSR count). The van der Waals surface area contributed by atoms with E-state index in [1.807, 2.05) is 4.90 Å². The average Bonchev–Trinajstić information content (AvgIpc) is 3.09. The molecule has 1 aliphatic rings. The van der Waals surface area contributed by atoms with Gasteiger partial charge in [0.25, 0.3) is 0 Å². The molecule has 1 saturated heterocycles. The number of halogens is 2. The number of aromatic nitrogens is 1. The van der Waals surface area contributed by atoms with E-state index in [2.05, 4.69) is 0 Å². The van der Waals surface area contributed by atoms with Crippen LogP contribution >= 0.6 is 12.4 Å². The molecule has 29 heavy (non-hydrogen) atoms. The number of benzene rings is 2. The van der Waals surface area contributed by atoms with Crippen LogP contribution in [0.3, 0.4) is 0 Å². The van der Waals surface area contributed by atoms with Crippen LogP contribution in [0.25, 0.3) is 16.6 Å². The van der Waals surface area contributed by atoms with Crippen molar-refractivity contribution in [1.82, 2.24) is 4.57 Å². The van der Waals surface area contributed by atoms with Gasteiger partial charge in [0, 0.05) is 36.4 Å². The van der Waals surface area contributed by atoms with E-state index in [1.54, 1.807) is 18.2 Å². The Morgan fingerprint density at radius 2 is 1.90 bits per heavy atom. The number of phenolic OH excluding ortho intramolecular Hbond substituents is 1. The lowest BCUT2D eigenvalue weighted by atomic mass is 10.1. The van der Waals surface area contributed by atoms with E-state index in [9.17, 15) is 24.2 Å². The number of carboxylic acid groups (broad SMARTS) is 1. The number of pyridine rings is 1. The van der Waals surface area contributed by atoms with Gasteiger partial charge in [0.1, 0.15) is 17.1 Å². The van der Waals surface area contributed by atoms with Crippen molar-refractivity contribution >= 4 is 35.0 Å². The summed E-state index contributed by atoms with van der Waals surface area (Å²) in [5.74, 6) is -1.95. The summed E-state index contributed by atoms with van der Waals surface area (Å²) >= 11 is 0. The van der Waals surface area contributed by atoms with Crippen molar-refractivity contribution in [1.29, 1.82) is 0 Å². The summed E-state index contributed by atoms with van der Waals surface area (Å²) in [6, 6.07) is 8.64. The second-order valence-corrected chi connectivity index (χ2v) is 6.88. The van der Waals surface area contributed by atoms with E-state index in [0.29, 0.717) is 30.0 Å². The molecule has 0 bridgehead atoms. The second-order valence-electron chi connectivity index (χ2n) is 6.88. The number of hydrogen-bond donors (Lipinski definition) is 3. The minimum atomic E-state index is -1.39. The fraction of sp³-hybridized carbons (Fsp3) is 0.200. The Bertz CT molecular complexity index is 1150. The Kier molecular flexibility index (Phi) is 5.50. The van der Waals surface area contributed by atoms with Crippen LogP contribution in [0.5, 0.6) is 5.75 Å². The van der Waals surface area contributed by atoms with Gasteiger partial charge in [-0.3, -0.25) is 4.79 Å². The molecule has 2 aromatic carbocycles. The van der Waals surface area contributed by atoms with Gasteiger partial charge in [0.05, 0.1) is 11.2 Å². The predicted molar refractivity (Wildman–Crippen MR) is 110 cm³/mol. The van der Waals surface area contributed by atoms with Gasteiger partial charge in [-0.2, -0.15) is 0 Å². The van der Waals surface area contributed by atoms with E-state index in [4.69, 9.17) is 5.73 Å². The van der Waals surface area contributed by atoms with E-state index in [0.717, 1.165) is 12.5 Å². The minimum Gasteiger partial charge on any atom is -0.508 e. The third kappa shape index (κ3) is 3.64. The number of nitrogens with two attached hydrogens (primary N) is 1. The summed E-state index contributed by atoms with van der Waals surface area (Å²) in [6.45, 7) is 1.10. The second kappa shape index (κ2) is 7.73. The summed E-state index contributed by atoms with van der Waals surface area (Å²) in [4.78, 5) is 26.0. The van der Waals surface area contributed by atoms with Gasteiger partial charge >= 0.3 is 5.97 Å². The maximum absolute atomic E-state index is 14.8. The molecule has 1 atom stereocenters. The smallest absolute Gasteiger partial charge is 0.341 e. The van der Waals surface area contributed by atoms with Crippen molar-refractivity contribution in [3.63, 3.8) is 0 Å². The van der Waals surface area contributed by atoms with Crippen LogP contribution in [-0.2, 0) is 0 Å². The Labute approximate surface area is 171 Å². The van der Waals surface area contributed by atoms with Crippen LogP contribution in [0.2, 0.25) is 0 Å². The number of fused-ring (bicyclic) bond motifs is 1. The predicted octanol–water partition coefficient (Wildman–Crippen LogP) is 2.49. The van der Waals surface area contributed by atoms with Gasteiger partial charge < -0.3 is 25.4 Å². The number of carbonyl (C=O) groups is 1.